The minimum Gasteiger partial charge on any atom is -0.469 e. The summed E-state index contributed by atoms with van der Waals surface area (Å²) >= 11 is 1.96. The van der Waals surface area contributed by atoms with Crippen LogP contribution in [0.5, 0.6) is 0 Å². The number of nitrogens with zero attached hydrogens (tertiary/aromatic N) is 1. The number of esters is 1. The van der Waals surface area contributed by atoms with Crippen LogP contribution >= 0.6 is 11.8 Å². The zero-order valence-electron chi connectivity index (χ0n) is 13.5. The van der Waals surface area contributed by atoms with Gasteiger partial charge in [0.05, 0.1) is 7.11 Å². The normalized spacial score (nSPS) is 22.1. The molecule has 0 aromatic carbocycles. The molecule has 1 saturated carbocycles. The number of hydrogen-bond acceptors (Lipinski definition) is 4. The Morgan fingerprint density at radius 1 is 1.33 bits per heavy atom. The molecule has 1 aliphatic carbocycles. The Morgan fingerprint density at radius 2 is 2.14 bits per heavy atom. The van der Waals surface area contributed by atoms with Crippen LogP contribution in [0.25, 0.3) is 0 Å². The molecule has 0 saturated heterocycles. The second-order valence-electron chi connectivity index (χ2n) is 5.40. The lowest BCUT2D eigenvalue weighted by atomic mass is 10.2. The van der Waals surface area contributed by atoms with Crippen LogP contribution in [0.15, 0.2) is 4.99 Å². The fourth-order valence-corrected chi connectivity index (χ4v) is 3.35. The lowest BCUT2D eigenvalue weighted by Crippen LogP contribution is -2.42. The monoisotopic (exact) mass is 315 g/mol. The van der Waals surface area contributed by atoms with Crippen LogP contribution in [0.1, 0.15) is 44.9 Å². The van der Waals surface area contributed by atoms with Crippen molar-refractivity contribution in [1.82, 2.24) is 10.6 Å². The maximum atomic E-state index is 11.0. The van der Waals surface area contributed by atoms with Crippen LogP contribution in [-0.4, -0.2) is 50.2 Å². The molecule has 1 aliphatic rings. The van der Waals surface area contributed by atoms with Crippen LogP contribution in [0.2, 0.25) is 0 Å². The van der Waals surface area contributed by atoms with E-state index in [0.717, 1.165) is 37.0 Å². The number of aliphatic imine (C=N–C) groups is 1. The van der Waals surface area contributed by atoms with Gasteiger partial charge in [-0.3, -0.25) is 9.79 Å². The molecular weight excluding hydrogens is 286 g/mol. The number of nitrogens with one attached hydrogen (secondary N) is 2. The highest BCUT2D eigenvalue weighted by Crippen LogP contribution is 2.27. The van der Waals surface area contributed by atoms with E-state index < -0.39 is 0 Å². The van der Waals surface area contributed by atoms with Gasteiger partial charge in [-0.15, -0.1) is 0 Å². The summed E-state index contributed by atoms with van der Waals surface area (Å²) in [6, 6.07) is 0.549. The van der Waals surface area contributed by atoms with Crippen molar-refractivity contribution in [2.24, 2.45) is 4.99 Å². The van der Waals surface area contributed by atoms with Crippen molar-refractivity contribution in [3.8, 4) is 0 Å². The first-order chi connectivity index (χ1) is 10.2. The highest BCUT2D eigenvalue weighted by molar-refractivity contribution is 7.99. The fourth-order valence-electron chi connectivity index (χ4n) is 2.55. The van der Waals surface area contributed by atoms with Crippen molar-refractivity contribution in [2.75, 3.05) is 27.0 Å². The van der Waals surface area contributed by atoms with Gasteiger partial charge >= 0.3 is 5.97 Å². The molecule has 1 fully saturated rings. The highest BCUT2D eigenvalue weighted by atomic mass is 32.2. The molecule has 0 unspecified atom stereocenters. The lowest BCUT2D eigenvalue weighted by Gasteiger charge is -2.17. The molecule has 6 heteroatoms. The minimum absolute atomic E-state index is 0.120. The number of carbonyl (C=O) groups excluding carboxylic acids is 1. The van der Waals surface area contributed by atoms with Gasteiger partial charge in [0.15, 0.2) is 5.96 Å². The quantitative estimate of drug-likeness (QED) is 0.311. The second kappa shape index (κ2) is 10.8. The third-order valence-electron chi connectivity index (χ3n) is 3.86. The van der Waals surface area contributed by atoms with E-state index in [9.17, 15) is 4.79 Å². The van der Waals surface area contributed by atoms with E-state index in [2.05, 4.69) is 26.6 Å². The van der Waals surface area contributed by atoms with E-state index in [-0.39, 0.29) is 5.97 Å². The summed E-state index contributed by atoms with van der Waals surface area (Å²) in [6.45, 7) is 0.888. The van der Waals surface area contributed by atoms with Gasteiger partial charge in [0, 0.05) is 31.3 Å². The van der Waals surface area contributed by atoms with Crippen molar-refractivity contribution in [3.63, 3.8) is 0 Å². The predicted molar refractivity (Wildman–Crippen MR) is 89.9 cm³/mol. The zero-order chi connectivity index (χ0) is 15.5. The Labute approximate surface area is 132 Å². The van der Waals surface area contributed by atoms with Crippen LogP contribution in [0.3, 0.4) is 0 Å². The Bertz CT molecular complexity index is 337. The van der Waals surface area contributed by atoms with Gasteiger partial charge in [-0.05, 0) is 38.4 Å². The van der Waals surface area contributed by atoms with Crippen LogP contribution in [-0.2, 0) is 9.53 Å². The molecule has 21 heavy (non-hydrogen) atoms. The minimum atomic E-state index is -0.120. The number of guanidine groups is 1. The molecule has 2 N–H and O–H groups in total. The predicted octanol–water partition coefficient (Wildman–Crippen LogP) is 2.17. The number of carbonyl (C=O) groups is 1. The van der Waals surface area contributed by atoms with E-state index in [1.165, 1.54) is 26.4 Å². The van der Waals surface area contributed by atoms with Gasteiger partial charge < -0.3 is 15.4 Å². The van der Waals surface area contributed by atoms with Gasteiger partial charge in [0.2, 0.25) is 0 Å². The van der Waals surface area contributed by atoms with Crippen molar-refractivity contribution >= 4 is 23.7 Å². The van der Waals surface area contributed by atoms with Gasteiger partial charge in [-0.1, -0.05) is 6.42 Å². The molecule has 0 heterocycles. The number of unbranched alkanes of at least 4 members (excludes halogenated alkanes) is 2. The Hall–Kier alpha value is -0.910. The molecule has 2 atom stereocenters. The number of hydrogen-bond donors (Lipinski definition) is 2. The van der Waals surface area contributed by atoms with E-state index in [4.69, 9.17) is 0 Å². The van der Waals surface area contributed by atoms with Crippen molar-refractivity contribution < 1.29 is 9.53 Å². The second-order valence-corrected chi connectivity index (χ2v) is 6.54. The topological polar surface area (TPSA) is 62.7 Å². The van der Waals surface area contributed by atoms with E-state index in [1.807, 2.05) is 18.8 Å². The third kappa shape index (κ3) is 7.60. The summed E-state index contributed by atoms with van der Waals surface area (Å²) < 4.78 is 4.62. The summed E-state index contributed by atoms with van der Waals surface area (Å²) in [5.41, 5.74) is 0. The number of ether oxygens (including phenoxy) is 1. The SMILES string of the molecule is CN=C(NCCCCCC(=O)OC)N[C@@H]1CC[C@H](SC)C1. The van der Waals surface area contributed by atoms with Gasteiger partial charge in [-0.25, -0.2) is 0 Å². The zero-order valence-corrected chi connectivity index (χ0v) is 14.3. The molecule has 5 nitrogen and oxygen atoms in total. The van der Waals surface area contributed by atoms with Crippen LogP contribution in [0.4, 0.5) is 0 Å². The molecule has 0 radical (unpaired) electrons. The van der Waals surface area contributed by atoms with Crippen molar-refractivity contribution in [1.29, 1.82) is 0 Å². The average molecular weight is 315 g/mol. The van der Waals surface area contributed by atoms with Crippen molar-refractivity contribution in [2.45, 2.75) is 56.2 Å². The Balaban J connectivity index is 2.08. The van der Waals surface area contributed by atoms with Crippen LogP contribution in [0, 0.1) is 0 Å². The van der Waals surface area contributed by atoms with Crippen molar-refractivity contribution in [3.05, 3.63) is 0 Å². The van der Waals surface area contributed by atoms with Gasteiger partial charge in [-0.2, -0.15) is 11.8 Å². The summed E-state index contributed by atoms with van der Waals surface area (Å²) in [5, 5.41) is 7.64. The maximum Gasteiger partial charge on any atom is 0.305 e. The summed E-state index contributed by atoms with van der Waals surface area (Å²) in [6.07, 6.45) is 9.40. The highest BCUT2D eigenvalue weighted by Gasteiger charge is 2.24. The first kappa shape index (κ1) is 18.1. The largest absolute Gasteiger partial charge is 0.469 e. The standard InChI is InChI=1S/C15H29N3O2S/c1-16-15(18-12-8-9-13(11-12)21-3)17-10-6-4-5-7-14(19)20-2/h12-13H,4-11H2,1-3H3,(H2,16,17,18)/t12-,13+/m1/s1. The van der Waals surface area contributed by atoms with Gasteiger partial charge in [0.1, 0.15) is 0 Å². The number of methoxy groups -OCH3 is 1. The average Bonchev–Trinajstić information content (AvgIpc) is 2.96. The number of thioether (sulfide) groups is 1. The molecule has 1 rings (SSSR count). The number of rotatable bonds is 8. The Morgan fingerprint density at radius 3 is 2.76 bits per heavy atom. The first-order valence-corrected chi connectivity index (χ1v) is 9.05. The molecule has 0 bridgehead atoms. The van der Waals surface area contributed by atoms with E-state index in [1.54, 1.807) is 0 Å². The maximum absolute atomic E-state index is 11.0. The molecule has 0 amide bonds. The van der Waals surface area contributed by atoms with Gasteiger partial charge in [0.25, 0.3) is 0 Å². The molecule has 0 spiro atoms. The van der Waals surface area contributed by atoms with E-state index >= 15 is 0 Å². The fraction of sp³-hybridized carbons (Fsp3) is 0.867. The van der Waals surface area contributed by atoms with Crippen LogP contribution < -0.4 is 10.6 Å². The lowest BCUT2D eigenvalue weighted by molar-refractivity contribution is -0.140. The molecule has 0 aromatic rings. The smallest absolute Gasteiger partial charge is 0.305 e. The molecule has 122 valence electrons. The summed E-state index contributed by atoms with van der Waals surface area (Å²) in [7, 11) is 3.25. The molecule has 0 aliphatic heterocycles. The summed E-state index contributed by atoms with van der Waals surface area (Å²) in [4.78, 5) is 15.3. The molecular formula is C15H29N3O2S. The van der Waals surface area contributed by atoms with E-state index in [0.29, 0.717) is 12.5 Å². The summed E-state index contributed by atoms with van der Waals surface area (Å²) in [5.74, 6) is 0.778. The Kier molecular flexibility index (Phi) is 9.30. The first-order valence-electron chi connectivity index (χ1n) is 7.76. The molecule has 0 aromatic heterocycles. The third-order valence-corrected chi connectivity index (χ3v) is 4.95.